The summed E-state index contributed by atoms with van der Waals surface area (Å²) in [4.78, 5) is 15.8. The lowest BCUT2D eigenvalue weighted by Crippen LogP contribution is -2.05. The van der Waals surface area contributed by atoms with E-state index in [9.17, 15) is 4.79 Å². The van der Waals surface area contributed by atoms with Gasteiger partial charge in [0.1, 0.15) is 0 Å². The van der Waals surface area contributed by atoms with E-state index in [-0.39, 0.29) is 5.97 Å². The summed E-state index contributed by atoms with van der Waals surface area (Å²) < 4.78 is 6.72. The zero-order valence-electron chi connectivity index (χ0n) is 11.0. The van der Waals surface area contributed by atoms with Gasteiger partial charge in [-0.15, -0.1) is 0 Å². The SMILES string of the molecule is CCOC(=O)c1ccn2nc(-c3cccnc3)cc2c1. The van der Waals surface area contributed by atoms with Gasteiger partial charge in [-0.3, -0.25) is 4.98 Å². The van der Waals surface area contributed by atoms with Crippen LogP contribution in [0.5, 0.6) is 0 Å². The van der Waals surface area contributed by atoms with Crippen LogP contribution in [-0.2, 0) is 4.74 Å². The van der Waals surface area contributed by atoms with Gasteiger partial charge in [-0.25, -0.2) is 9.31 Å². The lowest BCUT2D eigenvalue weighted by Gasteiger charge is -2.01. The molecular weight excluding hydrogens is 254 g/mol. The molecule has 3 aromatic rings. The Hall–Kier alpha value is -2.69. The summed E-state index contributed by atoms with van der Waals surface area (Å²) in [5, 5.41) is 4.45. The van der Waals surface area contributed by atoms with Crippen molar-refractivity contribution in [3.05, 3.63) is 54.5 Å². The summed E-state index contributed by atoms with van der Waals surface area (Å²) in [6.07, 6.45) is 5.23. The third-order valence-corrected chi connectivity index (χ3v) is 2.93. The molecule has 100 valence electrons. The molecule has 0 saturated heterocycles. The van der Waals surface area contributed by atoms with Crippen LogP contribution in [0.15, 0.2) is 48.9 Å². The summed E-state index contributed by atoms with van der Waals surface area (Å²) in [6, 6.07) is 9.19. The minimum absolute atomic E-state index is 0.320. The lowest BCUT2D eigenvalue weighted by atomic mass is 10.2. The average molecular weight is 267 g/mol. The Morgan fingerprint density at radius 1 is 1.35 bits per heavy atom. The number of nitrogens with zero attached hydrogens (tertiary/aromatic N) is 3. The number of pyridine rings is 2. The highest BCUT2D eigenvalue weighted by molar-refractivity contribution is 5.90. The molecule has 0 unspecified atom stereocenters. The second-order valence-corrected chi connectivity index (χ2v) is 4.28. The number of carbonyl (C=O) groups is 1. The highest BCUT2D eigenvalue weighted by atomic mass is 16.5. The van der Waals surface area contributed by atoms with Crippen LogP contribution < -0.4 is 0 Å². The van der Waals surface area contributed by atoms with Crippen LogP contribution in [0.1, 0.15) is 17.3 Å². The Morgan fingerprint density at radius 2 is 2.25 bits per heavy atom. The Kier molecular flexibility index (Phi) is 3.16. The maximum absolute atomic E-state index is 11.7. The second kappa shape index (κ2) is 5.13. The topological polar surface area (TPSA) is 56.5 Å². The molecule has 0 aliphatic rings. The second-order valence-electron chi connectivity index (χ2n) is 4.28. The highest BCUT2D eigenvalue weighted by Crippen LogP contribution is 2.19. The number of hydrogen-bond acceptors (Lipinski definition) is 4. The molecule has 0 fully saturated rings. The lowest BCUT2D eigenvalue weighted by molar-refractivity contribution is 0.0526. The van der Waals surface area contributed by atoms with Gasteiger partial charge in [0, 0.05) is 24.2 Å². The van der Waals surface area contributed by atoms with Gasteiger partial charge in [0.05, 0.1) is 23.4 Å². The van der Waals surface area contributed by atoms with Crippen LogP contribution in [0.4, 0.5) is 0 Å². The van der Waals surface area contributed by atoms with Crippen molar-refractivity contribution in [2.24, 2.45) is 0 Å². The first-order valence-electron chi connectivity index (χ1n) is 6.35. The average Bonchev–Trinajstić information content (AvgIpc) is 2.91. The van der Waals surface area contributed by atoms with E-state index in [0.717, 1.165) is 16.8 Å². The van der Waals surface area contributed by atoms with Crippen LogP contribution >= 0.6 is 0 Å². The van der Waals surface area contributed by atoms with Crippen molar-refractivity contribution >= 4 is 11.5 Å². The molecule has 0 aliphatic carbocycles. The van der Waals surface area contributed by atoms with Gasteiger partial charge in [-0.2, -0.15) is 5.10 Å². The van der Waals surface area contributed by atoms with Crippen molar-refractivity contribution in [2.75, 3.05) is 6.61 Å². The zero-order chi connectivity index (χ0) is 13.9. The molecule has 3 rings (SSSR count). The van der Waals surface area contributed by atoms with Gasteiger partial charge in [0.15, 0.2) is 0 Å². The van der Waals surface area contributed by atoms with Crippen LogP contribution in [-0.4, -0.2) is 27.2 Å². The van der Waals surface area contributed by atoms with Crippen molar-refractivity contribution in [1.82, 2.24) is 14.6 Å². The standard InChI is InChI=1S/C15H13N3O2/c1-2-20-15(19)11-5-7-18-13(8-11)9-14(17-18)12-4-3-6-16-10-12/h3-10H,2H2,1H3. The summed E-state index contributed by atoms with van der Waals surface area (Å²) in [7, 11) is 0. The molecule has 5 nitrogen and oxygen atoms in total. The maximum Gasteiger partial charge on any atom is 0.338 e. The van der Waals surface area contributed by atoms with Gasteiger partial charge < -0.3 is 4.74 Å². The fourth-order valence-corrected chi connectivity index (χ4v) is 1.99. The highest BCUT2D eigenvalue weighted by Gasteiger charge is 2.09. The normalized spacial score (nSPS) is 10.7. The summed E-state index contributed by atoms with van der Waals surface area (Å²) in [6.45, 7) is 2.15. The van der Waals surface area contributed by atoms with Crippen molar-refractivity contribution in [3.8, 4) is 11.3 Å². The van der Waals surface area contributed by atoms with Gasteiger partial charge in [0.2, 0.25) is 0 Å². The van der Waals surface area contributed by atoms with Gasteiger partial charge in [-0.1, -0.05) is 0 Å². The predicted octanol–water partition coefficient (Wildman–Crippen LogP) is 2.57. The molecular formula is C15H13N3O2. The van der Waals surface area contributed by atoms with Crippen molar-refractivity contribution in [1.29, 1.82) is 0 Å². The first-order valence-corrected chi connectivity index (χ1v) is 6.35. The third-order valence-electron chi connectivity index (χ3n) is 2.93. The Bertz CT molecular complexity index is 750. The molecule has 0 aliphatic heterocycles. The first kappa shape index (κ1) is 12.3. The molecule has 0 atom stereocenters. The summed E-state index contributed by atoms with van der Waals surface area (Å²) >= 11 is 0. The molecule has 20 heavy (non-hydrogen) atoms. The molecule has 0 N–H and O–H groups in total. The molecule has 0 saturated carbocycles. The maximum atomic E-state index is 11.7. The monoisotopic (exact) mass is 267 g/mol. The molecule has 3 aromatic heterocycles. The number of aromatic nitrogens is 3. The first-order chi connectivity index (χ1) is 9.78. The minimum Gasteiger partial charge on any atom is -0.462 e. The van der Waals surface area contributed by atoms with Gasteiger partial charge in [-0.05, 0) is 37.3 Å². The quantitative estimate of drug-likeness (QED) is 0.684. The molecule has 0 amide bonds. The van der Waals surface area contributed by atoms with Crippen LogP contribution in [0.3, 0.4) is 0 Å². The summed E-state index contributed by atoms with van der Waals surface area (Å²) in [5.74, 6) is -0.320. The number of hydrogen-bond donors (Lipinski definition) is 0. The third kappa shape index (κ3) is 2.25. The number of rotatable bonds is 3. The van der Waals surface area contributed by atoms with Crippen molar-refractivity contribution in [3.63, 3.8) is 0 Å². The Balaban J connectivity index is 2.02. The van der Waals surface area contributed by atoms with E-state index in [0.29, 0.717) is 12.2 Å². The van der Waals surface area contributed by atoms with E-state index >= 15 is 0 Å². The molecule has 5 heteroatoms. The Morgan fingerprint density at radius 3 is 3.00 bits per heavy atom. The molecule has 0 radical (unpaired) electrons. The van der Waals surface area contributed by atoms with Gasteiger partial charge >= 0.3 is 5.97 Å². The number of carbonyl (C=O) groups excluding carboxylic acids is 1. The van der Waals surface area contributed by atoms with Crippen molar-refractivity contribution < 1.29 is 9.53 Å². The molecule has 0 spiro atoms. The van der Waals surface area contributed by atoms with E-state index < -0.39 is 0 Å². The molecule has 0 aromatic carbocycles. The minimum atomic E-state index is -0.320. The fraction of sp³-hybridized carbons (Fsp3) is 0.133. The van der Waals surface area contributed by atoms with Crippen molar-refractivity contribution in [2.45, 2.75) is 6.92 Å². The van der Waals surface area contributed by atoms with E-state index in [2.05, 4.69) is 10.1 Å². The molecule has 3 heterocycles. The smallest absolute Gasteiger partial charge is 0.338 e. The van der Waals surface area contributed by atoms with E-state index in [1.807, 2.05) is 18.2 Å². The van der Waals surface area contributed by atoms with E-state index in [1.165, 1.54) is 0 Å². The molecule has 0 bridgehead atoms. The van der Waals surface area contributed by atoms with Crippen LogP contribution in [0.2, 0.25) is 0 Å². The number of fused-ring (bicyclic) bond motifs is 1. The fourth-order valence-electron chi connectivity index (χ4n) is 1.99. The van der Waals surface area contributed by atoms with Gasteiger partial charge in [0.25, 0.3) is 0 Å². The van der Waals surface area contributed by atoms with E-state index in [4.69, 9.17) is 4.74 Å². The number of esters is 1. The Labute approximate surface area is 115 Å². The largest absolute Gasteiger partial charge is 0.462 e. The van der Waals surface area contributed by atoms with Crippen LogP contribution in [0, 0.1) is 0 Å². The van der Waals surface area contributed by atoms with Crippen LogP contribution in [0.25, 0.3) is 16.8 Å². The summed E-state index contributed by atoms with van der Waals surface area (Å²) in [5.41, 5.74) is 3.12. The predicted molar refractivity (Wildman–Crippen MR) is 74.4 cm³/mol. The van der Waals surface area contributed by atoms with E-state index in [1.54, 1.807) is 42.2 Å². The zero-order valence-corrected chi connectivity index (χ0v) is 11.0. The number of ether oxygens (including phenoxy) is 1.